The summed E-state index contributed by atoms with van der Waals surface area (Å²) in [4.78, 5) is 14.3. The molecule has 0 aromatic heterocycles. The van der Waals surface area contributed by atoms with E-state index in [1.165, 1.54) is 0 Å². The quantitative estimate of drug-likeness (QED) is 0.742. The third kappa shape index (κ3) is 4.98. The van der Waals surface area contributed by atoms with Gasteiger partial charge in [0, 0.05) is 19.2 Å². The predicted molar refractivity (Wildman–Crippen MR) is 78.8 cm³/mol. The molecule has 0 spiro atoms. The maximum Gasteiger partial charge on any atom is 0.246 e. The van der Waals surface area contributed by atoms with E-state index in [0.717, 1.165) is 18.5 Å². The number of carbonyl (C=O) groups excluding carboxylic acids is 1. The van der Waals surface area contributed by atoms with E-state index in [4.69, 9.17) is 0 Å². The van der Waals surface area contributed by atoms with Gasteiger partial charge in [-0.25, -0.2) is 0 Å². The number of aliphatic hydroxyl groups is 1. The second kappa shape index (κ2) is 5.66. The van der Waals surface area contributed by atoms with Gasteiger partial charge in [0.25, 0.3) is 0 Å². The first-order valence-corrected chi connectivity index (χ1v) is 7.17. The van der Waals surface area contributed by atoms with Gasteiger partial charge >= 0.3 is 0 Å². The smallest absolute Gasteiger partial charge is 0.246 e. The van der Waals surface area contributed by atoms with Crippen LogP contribution in [0.3, 0.4) is 0 Å². The molecule has 0 aromatic carbocycles. The van der Waals surface area contributed by atoms with E-state index < -0.39 is 0 Å². The van der Waals surface area contributed by atoms with E-state index in [2.05, 4.69) is 34.6 Å². The highest BCUT2D eigenvalue weighted by atomic mass is 16.3. The van der Waals surface area contributed by atoms with Gasteiger partial charge in [-0.15, -0.1) is 0 Å². The second-order valence-corrected chi connectivity index (χ2v) is 7.65. The average molecular weight is 267 g/mol. The molecule has 0 bridgehead atoms. The van der Waals surface area contributed by atoms with Gasteiger partial charge in [-0.1, -0.05) is 40.2 Å². The third-order valence-corrected chi connectivity index (χ3v) is 3.97. The number of hydrogen-bond donors (Lipinski definition) is 1. The Hall–Kier alpha value is -0.830. The molecule has 1 heterocycles. The summed E-state index contributed by atoms with van der Waals surface area (Å²) < 4.78 is 0. The summed E-state index contributed by atoms with van der Waals surface area (Å²) in [5, 5.41) is 9.88. The van der Waals surface area contributed by atoms with Crippen molar-refractivity contribution in [3.63, 3.8) is 0 Å². The van der Waals surface area contributed by atoms with E-state index in [1.807, 2.05) is 11.8 Å². The monoisotopic (exact) mass is 267 g/mol. The van der Waals surface area contributed by atoms with Crippen molar-refractivity contribution in [2.24, 2.45) is 10.8 Å². The van der Waals surface area contributed by atoms with Crippen LogP contribution < -0.4 is 0 Å². The summed E-state index contributed by atoms with van der Waals surface area (Å²) in [6.45, 7) is 13.9. The van der Waals surface area contributed by atoms with E-state index in [1.54, 1.807) is 6.08 Å². The highest BCUT2D eigenvalue weighted by molar-refractivity contribution is 5.88. The Labute approximate surface area is 117 Å². The molecule has 3 heteroatoms. The Morgan fingerprint density at radius 2 is 1.95 bits per heavy atom. The average Bonchev–Trinajstić information content (AvgIpc) is 2.34. The number of amides is 1. The van der Waals surface area contributed by atoms with Crippen molar-refractivity contribution in [3.8, 4) is 0 Å². The highest BCUT2D eigenvalue weighted by Gasteiger charge is 2.30. The van der Waals surface area contributed by atoms with Crippen LogP contribution in [-0.2, 0) is 4.79 Å². The minimum atomic E-state index is -0.291. The predicted octanol–water partition coefficient (Wildman–Crippen LogP) is 2.99. The minimum absolute atomic E-state index is 0.0188. The number of carbonyl (C=O) groups is 1. The number of aliphatic hydroxyl groups excluding tert-OH is 1. The van der Waals surface area contributed by atoms with Crippen LogP contribution in [0.15, 0.2) is 11.6 Å². The van der Waals surface area contributed by atoms with Gasteiger partial charge in [0.2, 0.25) is 5.91 Å². The molecule has 3 nitrogen and oxygen atoms in total. The normalized spacial score (nSPS) is 25.1. The number of nitrogens with zero attached hydrogens (tertiary/aromatic N) is 1. The van der Waals surface area contributed by atoms with Crippen molar-refractivity contribution in [2.45, 2.75) is 60.5 Å². The summed E-state index contributed by atoms with van der Waals surface area (Å²) in [5.41, 5.74) is 1.10. The second-order valence-electron chi connectivity index (χ2n) is 7.65. The summed E-state index contributed by atoms with van der Waals surface area (Å²) in [5.74, 6) is 0.0783. The molecule has 1 N–H and O–H groups in total. The molecule has 0 radical (unpaired) electrons. The van der Waals surface area contributed by atoms with Crippen molar-refractivity contribution in [1.29, 1.82) is 0 Å². The molecule has 1 atom stereocenters. The molecule has 1 fully saturated rings. The van der Waals surface area contributed by atoms with E-state index in [9.17, 15) is 9.90 Å². The topological polar surface area (TPSA) is 40.5 Å². The number of hydrogen-bond acceptors (Lipinski definition) is 2. The highest BCUT2D eigenvalue weighted by Crippen LogP contribution is 2.29. The van der Waals surface area contributed by atoms with Crippen molar-refractivity contribution >= 4 is 5.91 Å². The molecule has 0 aliphatic carbocycles. The lowest BCUT2D eigenvalue weighted by atomic mass is 9.86. The zero-order valence-electron chi connectivity index (χ0n) is 13.3. The van der Waals surface area contributed by atoms with Crippen molar-refractivity contribution in [1.82, 2.24) is 4.90 Å². The van der Waals surface area contributed by atoms with E-state index >= 15 is 0 Å². The number of likely N-dealkylation sites (tertiary alicyclic amines) is 1. The lowest BCUT2D eigenvalue weighted by Crippen LogP contribution is -2.37. The lowest BCUT2D eigenvalue weighted by Gasteiger charge is -2.29. The van der Waals surface area contributed by atoms with Crippen molar-refractivity contribution < 1.29 is 9.90 Å². The lowest BCUT2D eigenvalue weighted by molar-refractivity contribution is -0.127. The molecule has 110 valence electrons. The fourth-order valence-electron chi connectivity index (χ4n) is 2.39. The molecule has 0 aromatic rings. The zero-order chi connectivity index (χ0) is 14.8. The van der Waals surface area contributed by atoms with Gasteiger partial charge in [0.05, 0.1) is 6.10 Å². The molecular weight excluding hydrogens is 238 g/mol. The molecule has 1 aliphatic heterocycles. The molecule has 1 rings (SSSR count). The fourth-order valence-corrected chi connectivity index (χ4v) is 2.39. The Morgan fingerprint density at radius 3 is 2.47 bits per heavy atom. The third-order valence-electron chi connectivity index (χ3n) is 3.97. The largest absolute Gasteiger partial charge is 0.393 e. The van der Waals surface area contributed by atoms with Gasteiger partial charge in [-0.05, 0) is 30.6 Å². The molecule has 19 heavy (non-hydrogen) atoms. The van der Waals surface area contributed by atoms with Gasteiger partial charge in [-0.3, -0.25) is 4.79 Å². The molecular formula is C16H29NO2. The SMILES string of the molecule is CC(=CC(=O)N1CCC(O)CC(C)(C)C1)C(C)(C)C. The van der Waals surface area contributed by atoms with Crippen LogP contribution in [0, 0.1) is 10.8 Å². The van der Waals surface area contributed by atoms with E-state index in [0.29, 0.717) is 13.0 Å². The van der Waals surface area contributed by atoms with Crippen LogP contribution in [0.1, 0.15) is 54.4 Å². The fraction of sp³-hybridized carbons (Fsp3) is 0.812. The van der Waals surface area contributed by atoms with Crippen molar-refractivity contribution in [2.75, 3.05) is 13.1 Å². The van der Waals surface area contributed by atoms with Crippen LogP contribution in [-0.4, -0.2) is 35.1 Å². The van der Waals surface area contributed by atoms with Gasteiger partial charge in [-0.2, -0.15) is 0 Å². The maximum absolute atomic E-state index is 12.4. The van der Waals surface area contributed by atoms with Crippen LogP contribution in [0.5, 0.6) is 0 Å². The van der Waals surface area contributed by atoms with Gasteiger partial charge in [0.1, 0.15) is 0 Å². The standard InChI is InChI=1S/C16H29NO2/c1-12(15(2,3)4)9-14(19)17-8-7-13(18)10-16(5,6)11-17/h9,13,18H,7-8,10-11H2,1-6H3. The molecule has 1 aliphatic rings. The molecule has 1 unspecified atom stereocenters. The Morgan fingerprint density at radius 1 is 1.37 bits per heavy atom. The summed E-state index contributed by atoms with van der Waals surface area (Å²) >= 11 is 0. The van der Waals surface area contributed by atoms with Crippen LogP contribution in [0.25, 0.3) is 0 Å². The first kappa shape index (κ1) is 16.2. The maximum atomic E-state index is 12.4. The summed E-state index contributed by atoms with van der Waals surface area (Å²) in [6, 6.07) is 0. The number of allylic oxidation sites excluding steroid dienone is 1. The zero-order valence-corrected chi connectivity index (χ0v) is 13.3. The summed E-state index contributed by atoms with van der Waals surface area (Å²) in [7, 11) is 0. The van der Waals surface area contributed by atoms with Crippen LogP contribution >= 0.6 is 0 Å². The Kier molecular flexibility index (Phi) is 4.83. The van der Waals surface area contributed by atoms with E-state index in [-0.39, 0.29) is 22.8 Å². The molecule has 1 amide bonds. The first-order chi connectivity index (χ1) is 8.51. The van der Waals surface area contributed by atoms with Gasteiger partial charge < -0.3 is 10.0 Å². The Bertz CT molecular complexity index is 363. The van der Waals surface area contributed by atoms with Crippen LogP contribution in [0.2, 0.25) is 0 Å². The molecule has 0 saturated carbocycles. The first-order valence-electron chi connectivity index (χ1n) is 7.17. The van der Waals surface area contributed by atoms with Crippen molar-refractivity contribution in [3.05, 3.63) is 11.6 Å². The minimum Gasteiger partial charge on any atom is -0.393 e. The Balaban J connectivity index is 2.82. The van der Waals surface area contributed by atoms with Crippen LogP contribution in [0.4, 0.5) is 0 Å². The number of rotatable bonds is 1. The van der Waals surface area contributed by atoms with Gasteiger partial charge in [0.15, 0.2) is 0 Å². The molecule has 1 saturated heterocycles. The summed E-state index contributed by atoms with van der Waals surface area (Å²) in [6.07, 6.45) is 2.91.